The summed E-state index contributed by atoms with van der Waals surface area (Å²) in [4.78, 5) is 2.51. The molecule has 0 spiro atoms. The molecule has 0 aromatic rings. The van der Waals surface area contributed by atoms with Gasteiger partial charge >= 0.3 is 0 Å². The van der Waals surface area contributed by atoms with E-state index in [-0.39, 0.29) is 0 Å². The van der Waals surface area contributed by atoms with E-state index in [9.17, 15) is 0 Å². The van der Waals surface area contributed by atoms with Crippen LogP contribution in [0.2, 0.25) is 0 Å². The minimum atomic E-state index is 0.854. The van der Waals surface area contributed by atoms with Crippen LogP contribution in [0, 0.1) is 0 Å². The van der Waals surface area contributed by atoms with Gasteiger partial charge in [0.1, 0.15) is 0 Å². The fourth-order valence-corrected chi connectivity index (χ4v) is 2.18. The van der Waals surface area contributed by atoms with Crippen LogP contribution in [0.15, 0.2) is 0 Å². The van der Waals surface area contributed by atoms with Crippen molar-refractivity contribution < 1.29 is 0 Å². The van der Waals surface area contributed by atoms with Crippen LogP contribution in [0.1, 0.15) is 19.8 Å². The molecule has 0 aromatic heterocycles. The standard InChI is InChI=1S/C5H11BIN/c1-5-3-2-4-8(5)6-7/h5-6H,2-4H2,1H3. The first-order chi connectivity index (χ1) is 3.84. The minimum Gasteiger partial charge on any atom is -0.333 e. The Bertz CT molecular complexity index is 78.8. The second-order valence-corrected chi connectivity index (χ2v) is 3.11. The van der Waals surface area contributed by atoms with E-state index < -0.39 is 0 Å². The summed E-state index contributed by atoms with van der Waals surface area (Å²) in [6, 6.07) is 0.854. The summed E-state index contributed by atoms with van der Waals surface area (Å²) in [5.41, 5.74) is 0. The molecule has 46 valence electrons. The molecule has 1 aliphatic rings. The molecular weight excluding hydrogens is 212 g/mol. The maximum Gasteiger partial charge on any atom is 0.280 e. The molecule has 0 aromatic carbocycles. The maximum atomic E-state index is 2.51. The summed E-state index contributed by atoms with van der Waals surface area (Å²) in [5, 5.41) is 1.21. The van der Waals surface area contributed by atoms with Gasteiger partial charge in [0.15, 0.2) is 0 Å². The van der Waals surface area contributed by atoms with Crippen molar-refractivity contribution in [2.24, 2.45) is 0 Å². The van der Waals surface area contributed by atoms with Crippen molar-refractivity contribution >= 4 is 27.6 Å². The summed E-state index contributed by atoms with van der Waals surface area (Å²) in [6.07, 6.45) is 2.81. The van der Waals surface area contributed by atoms with Gasteiger partial charge < -0.3 is 4.81 Å². The molecule has 8 heavy (non-hydrogen) atoms. The molecule has 1 unspecified atom stereocenters. The van der Waals surface area contributed by atoms with Gasteiger partial charge in [0, 0.05) is 0 Å². The van der Waals surface area contributed by atoms with Crippen LogP contribution < -0.4 is 0 Å². The van der Waals surface area contributed by atoms with E-state index in [1.807, 2.05) is 0 Å². The number of halogens is 1. The third-order valence-electron chi connectivity index (χ3n) is 1.84. The van der Waals surface area contributed by atoms with Gasteiger partial charge in [-0.05, 0) is 25.4 Å². The van der Waals surface area contributed by atoms with Crippen LogP contribution in [0.5, 0.6) is 0 Å². The van der Waals surface area contributed by atoms with Gasteiger partial charge in [0.2, 0.25) is 0 Å². The Balaban J connectivity index is 2.30. The third kappa shape index (κ3) is 1.38. The fourth-order valence-electron chi connectivity index (χ4n) is 1.17. The number of hydrogen-bond acceptors (Lipinski definition) is 1. The molecule has 1 nitrogen and oxygen atoms in total. The van der Waals surface area contributed by atoms with Gasteiger partial charge in [-0.2, -0.15) is 0 Å². The molecule has 0 N–H and O–H groups in total. The summed E-state index contributed by atoms with van der Waals surface area (Å²) >= 11 is 2.43. The zero-order valence-electron chi connectivity index (χ0n) is 5.23. The smallest absolute Gasteiger partial charge is 0.280 e. The highest BCUT2D eigenvalue weighted by atomic mass is 127. The summed E-state index contributed by atoms with van der Waals surface area (Å²) in [7, 11) is 0. The lowest BCUT2D eigenvalue weighted by molar-refractivity contribution is 0.448. The normalized spacial score (nSPS) is 31.0. The van der Waals surface area contributed by atoms with Crippen molar-refractivity contribution in [3.05, 3.63) is 0 Å². The lowest BCUT2D eigenvalue weighted by atomic mass is 10.2. The molecule has 0 radical (unpaired) electrons. The van der Waals surface area contributed by atoms with Gasteiger partial charge in [-0.3, -0.25) is 0 Å². The van der Waals surface area contributed by atoms with Crippen LogP contribution in [-0.2, 0) is 0 Å². The van der Waals surface area contributed by atoms with Gasteiger partial charge in [0.25, 0.3) is 5.27 Å². The Labute approximate surface area is 65.0 Å². The first-order valence-corrected chi connectivity index (χ1v) is 4.67. The third-order valence-corrected chi connectivity index (χ3v) is 2.72. The second-order valence-electron chi connectivity index (χ2n) is 2.42. The molecule has 0 saturated carbocycles. The van der Waals surface area contributed by atoms with E-state index >= 15 is 0 Å². The molecule has 0 bridgehead atoms. The van der Waals surface area contributed by atoms with Crippen molar-refractivity contribution in [1.82, 2.24) is 4.81 Å². The number of hydrogen-bond donors (Lipinski definition) is 0. The first-order valence-electron chi connectivity index (χ1n) is 3.14. The zero-order chi connectivity index (χ0) is 5.98. The average Bonchev–Trinajstić information content (AvgIpc) is 2.14. The molecular formula is C5H11BIN. The largest absolute Gasteiger partial charge is 0.333 e. The first kappa shape index (κ1) is 6.87. The molecule has 1 rings (SSSR count). The highest BCUT2D eigenvalue weighted by molar-refractivity contribution is 14.1. The van der Waals surface area contributed by atoms with E-state index in [0.717, 1.165) is 6.04 Å². The highest BCUT2D eigenvalue weighted by Gasteiger charge is 2.18. The van der Waals surface area contributed by atoms with Crippen LogP contribution in [-0.4, -0.2) is 22.7 Å². The number of rotatable bonds is 1. The van der Waals surface area contributed by atoms with Crippen molar-refractivity contribution in [2.75, 3.05) is 6.54 Å². The number of nitrogens with zero attached hydrogens (tertiary/aromatic N) is 1. The Morgan fingerprint density at radius 3 is 2.75 bits per heavy atom. The summed E-state index contributed by atoms with van der Waals surface area (Å²) < 4.78 is 0. The lowest BCUT2D eigenvalue weighted by Crippen LogP contribution is -2.27. The average molecular weight is 223 g/mol. The Morgan fingerprint density at radius 1 is 1.75 bits per heavy atom. The van der Waals surface area contributed by atoms with Crippen LogP contribution in [0.25, 0.3) is 0 Å². The van der Waals surface area contributed by atoms with E-state index in [1.165, 1.54) is 24.7 Å². The minimum absolute atomic E-state index is 0.854. The lowest BCUT2D eigenvalue weighted by Gasteiger charge is -2.15. The zero-order valence-corrected chi connectivity index (χ0v) is 7.39. The SMILES string of the molecule is CC1CCCN1BI. The molecule has 1 heterocycles. The van der Waals surface area contributed by atoms with E-state index in [0.29, 0.717) is 0 Å². The molecule has 1 aliphatic heterocycles. The topological polar surface area (TPSA) is 3.24 Å². The predicted octanol–water partition coefficient (Wildman–Crippen LogP) is 1.17. The highest BCUT2D eigenvalue weighted by Crippen LogP contribution is 2.15. The Kier molecular flexibility index (Phi) is 2.63. The molecule has 0 aliphatic carbocycles. The van der Waals surface area contributed by atoms with Crippen molar-refractivity contribution in [2.45, 2.75) is 25.8 Å². The van der Waals surface area contributed by atoms with Crippen molar-refractivity contribution in [1.29, 1.82) is 0 Å². The molecule has 1 fully saturated rings. The van der Waals surface area contributed by atoms with Crippen molar-refractivity contribution in [3.8, 4) is 0 Å². The molecule has 1 saturated heterocycles. The monoisotopic (exact) mass is 223 g/mol. The van der Waals surface area contributed by atoms with E-state index in [2.05, 4.69) is 34.1 Å². The maximum absolute atomic E-state index is 2.51. The van der Waals surface area contributed by atoms with Gasteiger partial charge in [-0.25, -0.2) is 0 Å². The summed E-state index contributed by atoms with van der Waals surface area (Å²) in [6.45, 7) is 3.63. The fraction of sp³-hybridized carbons (Fsp3) is 1.00. The quantitative estimate of drug-likeness (QED) is 0.476. The summed E-state index contributed by atoms with van der Waals surface area (Å²) in [5.74, 6) is 0. The van der Waals surface area contributed by atoms with E-state index in [1.54, 1.807) is 0 Å². The predicted molar refractivity (Wildman–Crippen MR) is 46.6 cm³/mol. The molecule has 3 heteroatoms. The van der Waals surface area contributed by atoms with Gasteiger partial charge in [0.05, 0.1) is 0 Å². The second kappa shape index (κ2) is 3.06. The van der Waals surface area contributed by atoms with Crippen molar-refractivity contribution in [3.63, 3.8) is 0 Å². The van der Waals surface area contributed by atoms with Gasteiger partial charge in [-0.15, -0.1) is 22.4 Å². The molecule has 0 amide bonds. The Morgan fingerprint density at radius 2 is 2.50 bits per heavy atom. The Hall–Kier alpha value is 0.755. The van der Waals surface area contributed by atoms with E-state index in [4.69, 9.17) is 0 Å². The van der Waals surface area contributed by atoms with Crippen LogP contribution >= 0.6 is 22.4 Å². The van der Waals surface area contributed by atoms with Crippen LogP contribution in [0.4, 0.5) is 0 Å². The van der Waals surface area contributed by atoms with Crippen LogP contribution in [0.3, 0.4) is 0 Å². The molecule has 1 atom stereocenters. The van der Waals surface area contributed by atoms with Gasteiger partial charge in [-0.1, -0.05) is 6.92 Å².